The average molecular weight is 271 g/mol. The van der Waals surface area contributed by atoms with Gasteiger partial charge < -0.3 is 4.90 Å². The fraction of sp³-hybridized carbons (Fsp3) is 0.333. The predicted octanol–water partition coefficient (Wildman–Crippen LogP) is 3.65. The molecule has 0 saturated heterocycles. The van der Waals surface area contributed by atoms with Gasteiger partial charge in [0.1, 0.15) is 0 Å². The van der Waals surface area contributed by atoms with E-state index in [4.69, 9.17) is 0 Å². The summed E-state index contributed by atoms with van der Waals surface area (Å²) < 4.78 is 0. The molecule has 2 rings (SSSR count). The molecule has 0 heterocycles. The maximum atomic E-state index is 2.41. The maximum absolute atomic E-state index is 2.41. The molecule has 0 aromatic heterocycles. The van der Waals surface area contributed by atoms with E-state index < -0.39 is 0 Å². The fourth-order valence-electron chi connectivity index (χ4n) is 1.55. The molecule has 0 N–H and O–H groups in total. The van der Waals surface area contributed by atoms with Crippen molar-refractivity contribution in [3.63, 3.8) is 0 Å². The van der Waals surface area contributed by atoms with Gasteiger partial charge in [0.2, 0.25) is 0 Å². The predicted molar refractivity (Wildman–Crippen MR) is 70.7 cm³/mol. The van der Waals surface area contributed by atoms with Crippen molar-refractivity contribution in [2.45, 2.75) is 20.4 Å². The summed E-state index contributed by atoms with van der Waals surface area (Å²) in [7, 11) is 0. The molecule has 0 amide bonds. The summed E-state index contributed by atoms with van der Waals surface area (Å²) in [4.78, 5) is 2.41. The minimum Gasteiger partial charge on any atom is -0.312 e. The van der Waals surface area contributed by atoms with Crippen LogP contribution < -0.4 is 0 Å². The van der Waals surface area contributed by atoms with Crippen LogP contribution in [0.1, 0.15) is 19.4 Å². The summed E-state index contributed by atoms with van der Waals surface area (Å²) in [6.07, 6.45) is 0. The van der Waals surface area contributed by atoms with E-state index in [1.165, 1.54) is 5.56 Å². The van der Waals surface area contributed by atoms with Crippen LogP contribution in [0.15, 0.2) is 54.6 Å². The molecule has 2 aromatic rings. The quantitative estimate of drug-likeness (QED) is 0.606. The summed E-state index contributed by atoms with van der Waals surface area (Å²) >= 11 is 0. The zero-order valence-corrected chi connectivity index (χ0v) is 11.7. The monoisotopic (exact) mass is 271 g/mol. The second-order valence-corrected chi connectivity index (χ2v) is 3.72. The molecule has 0 radical (unpaired) electrons. The van der Waals surface area contributed by atoms with Crippen LogP contribution in [0, 0.1) is 0 Å². The van der Waals surface area contributed by atoms with Crippen LogP contribution in [0.4, 0.5) is 0 Å². The van der Waals surface area contributed by atoms with E-state index >= 15 is 0 Å². The Labute approximate surface area is 116 Å². The van der Waals surface area contributed by atoms with Gasteiger partial charge >= 0.3 is 17.1 Å². The molecule has 94 valence electrons. The zero-order chi connectivity index (χ0) is 11.6. The van der Waals surface area contributed by atoms with Gasteiger partial charge in [-0.05, 0) is 19.6 Å². The van der Waals surface area contributed by atoms with E-state index in [-0.39, 0.29) is 17.1 Å². The third-order valence-corrected chi connectivity index (χ3v) is 2.59. The van der Waals surface area contributed by atoms with Crippen molar-refractivity contribution in [1.82, 2.24) is 4.90 Å². The molecule has 17 heavy (non-hydrogen) atoms. The summed E-state index contributed by atoms with van der Waals surface area (Å²) in [5.41, 5.74) is 1.42. The number of nitrogens with zero attached hydrogens (tertiary/aromatic N) is 1. The second-order valence-electron chi connectivity index (χ2n) is 3.72. The van der Waals surface area contributed by atoms with E-state index in [1.807, 2.05) is 30.3 Å². The maximum Gasteiger partial charge on any atom is 2.00 e. The first kappa shape index (κ1) is 16.2. The Morgan fingerprint density at radius 2 is 1.65 bits per heavy atom. The summed E-state index contributed by atoms with van der Waals surface area (Å²) in [6, 6.07) is 18.5. The first-order valence-corrected chi connectivity index (χ1v) is 5.96. The van der Waals surface area contributed by atoms with E-state index in [9.17, 15) is 0 Å². The normalized spacial score (nSPS) is 9.35. The van der Waals surface area contributed by atoms with E-state index in [1.54, 1.807) is 0 Å². The molecule has 0 aliphatic heterocycles. The van der Waals surface area contributed by atoms with Crippen molar-refractivity contribution >= 4 is 0 Å². The number of hydrogen-bond donors (Lipinski definition) is 0. The van der Waals surface area contributed by atoms with Crippen LogP contribution in [-0.4, -0.2) is 18.0 Å². The third kappa shape index (κ3) is 7.17. The molecule has 0 bridgehead atoms. The van der Waals surface area contributed by atoms with E-state index in [0.29, 0.717) is 0 Å². The van der Waals surface area contributed by atoms with Crippen LogP contribution in [0.2, 0.25) is 0 Å². The minimum absolute atomic E-state index is 0. The van der Waals surface area contributed by atoms with Gasteiger partial charge in [0, 0.05) is 0 Å². The SMILES string of the molecule is CCN(CC)Cc1cc[cH-]c1.[Fe+2].c1cc[cH-]c1. The molecule has 0 aliphatic carbocycles. The third-order valence-electron chi connectivity index (χ3n) is 2.59. The van der Waals surface area contributed by atoms with Gasteiger partial charge in [-0.3, -0.25) is 0 Å². The summed E-state index contributed by atoms with van der Waals surface area (Å²) in [6.45, 7) is 7.78. The molecule has 2 aromatic carbocycles. The molecular formula is C15H21FeN. The average Bonchev–Trinajstić information content (AvgIpc) is 3.01. The summed E-state index contributed by atoms with van der Waals surface area (Å²) in [5.74, 6) is 0. The molecule has 2 heteroatoms. The largest absolute Gasteiger partial charge is 2.00 e. The molecule has 0 fully saturated rings. The van der Waals surface area contributed by atoms with Crippen molar-refractivity contribution in [2.75, 3.05) is 13.1 Å². The van der Waals surface area contributed by atoms with Crippen molar-refractivity contribution in [3.8, 4) is 0 Å². The number of rotatable bonds is 4. The Bertz CT molecular complexity index is 302. The van der Waals surface area contributed by atoms with Crippen LogP contribution in [0.25, 0.3) is 0 Å². The van der Waals surface area contributed by atoms with Gasteiger partial charge in [0.25, 0.3) is 0 Å². The molecule has 1 nitrogen and oxygen atoms in total. The van der Waals surface area contributed by atoms with Gasteiger partial charge in [-0.1, -0.05) is 13.8 Å². The fourth-order valence-corrected chi connectivity index (χ4v) is 1.55. The van der Waals surface area contributed by atoms with Crippen molar-refractivity contribution in [3.05, 3.63) is 60.2 Å². The first-order valence-electron chi connectivity index (χ1n) is 5.96. The van der Waals surface area contributed by atoms with Crippen LogP contribution >= 0.6 is 0 Å². The summed E-state index contributed by atoms with van der Waals surface area (Å²) in [5, 5.41) is 0. The Kier molecular flexibility index (Phi) is 9.84. The molecular weight excluding hydrogens is 250 g/mol. The van der Waals surface area contributed by atoms with Crippen molar-refractivity contribution in [2.24, 2.45) is 0 Å². The van der Waals surface area contributed by atoms with Crippen LogP contribution in [0.3, 0.4) is 0 Å². The smallest absolute Gasteiger partial charge is 0.312 e. The Hall–Kier alpha value is -0.821. The van der Waals surface area contributed by atoms with Gasteiger partial charge in [-0.15, -0.1) is 0 Å². The minimum atomic E-state index is 0. The Balaban J connectivity index is 0.000000360. The van der Waals surface area contributed by atoms with Gasteiger partial charge in [-0.2, -0.15) is 42.0 Å². The van der Waals surface area contributed by atoms with Gasteiger partial charge in [-0.25, -0.2) is 18.2 Å². The molecule has 0 aliphatic rings. The van der Waals surface area contributed by atoms with Crippen molar-refractivity contribution in [1.29, 1.82) is 0 Å². The molecule has 0 unspecified atom stereocenters. The molecule has 0 spiro atoms. The Morgan fingerprint density at radius 3 is 2.00 bits per heavy atom. The van der Waals surface area contributed by atoms with Gasteiger partial charge in [0.05, 0.1) is 0 Å². The first-order chi connectivity index (χ1) is 7.86. The van der Waals surface area contributed by atoms with E-state index in [2.05, 4.69) is 43.0 Å². The van der Waals surface area contributed by atoms with Crippen molar-refractivity contribution < 1.29 is 17.1 Å². The zero-order valence-electron chi connectivity index (χ0n) is 10.6. The second kappa shape index (κ2) is 10.3. The van der Waals surface area contributed by atoms with E-state index in [0.717, 1.165) is 19.6 Å². The van der Waals surface area contributed by atoms with Gasteiger partial charge in [0.15, 0.2) is 0 Å². The Morgan fingerprint density at radius 1 is 1.00 bits per heavy atom. The molecule has 0 atom stereocenters. The van der Waals surface area contributed by atoms with Crippen LogP contribution in [0.5, 0.6) is 0 Å². The van der Waals surface area contributed by atoms with Crippen LogP contribution in [-0.2, 0) is 23.6 Å². The number of hydrogen-bond acceptors (Lipinski definition) is 1. The standard InChI is InChI=1S/C10H16N.C5H5.Fe/c1-3-11(4-2)9-10-7-5-6-8-10;1-2-4-5-3-1;/h5-8H,3-4,9H2,1-2H3;1-5H;/q2*-1;+2. The topological polar surface area (TPSA) is 3.24 Å². The molecule has 0 saturated carbocycles.